The Labute approximate surface area is 136 Å². The highest BCUT2D eigenvalue weighted by atomic mass is 35.5. The van der Waals surface area contributed by atoms with Gasteiger partial charge in [0, 0.05) is 23.0 Å². The van der Waals surface area contributed by atoms with E-state index in [9.17, 15) is 9.90 Å². The molecule has 0 spiro atoms. The van der Waals surface area contributed by atoms with Crippen molar-refractivity contribution in [1.29, 1.82) is 0 Å². The predicted octanol–water partition coefficient (Wildman–Crippen LogP) is 2.65. The molecular weight excluding hydrogens is 302 g/mol. The van der Waals surface area contributed by atoms with Crippen molar-refractivity contribution < 1.29 is 14.6 Å². The van der Waals surface area contributed by atoms with Gasteiger partial charge in [-0.05, 0) is 43.5 Å². The summed E-state index contributed by atoms with van der Waals surface area (Å²) < 4.78 is 5.58. The van der Waals surface area contributed by atoms with E-state index in [-0.39, 0.29) is 24.0 Å². The highest BCUT2D eigenvalue weighted by Gasteiger charge is 2.39. The molecule has 1 aliphatic heterocycles. The van der Waals surface area contributed by atoms with Crippen molar-refractivity contribution >= 4 is 17.5 Å². The number of aliphatic hydroxyl groups is 1. The van der Waals surface area contributed by atoms with Crippen LogP contribution in [-0.2, 0) is 4.74 Å². The second-order valence-corrected chi connectivity index (χ2v) is 6.70. The van der Waals surface area contributed by atoms with Crippen LogP contribution < -0.4 is 0 Å². The number of ether oxygens (including phenoxy) is 1. The maximum absolute atomic E-state index is 13.0. The summed E-state index contributed by atoms with van der Waals surface area (Å²) in [5, 5.41) is 10.8. The van der Waals surface area contributed by atoms with Crippen LogP contribution in [0.1, 0.15) is 35.2 Å². The van der Waals surface area contributed by atoms with Gasteiger partial charge >= 0.3 is 0 Å². The van der Waals surface area contributed by atoms with E-state index in [0.29, 0.717) is 30.3 Å². The van der Waals surface area contributed by atoms with Gasteiger partial charge in [-0.15, -0.1) is 0 Å². The summed E-state index contributed by atoms with van der Waals surface area (Å²) in [5.74, 6) is 0.137. The number of halogens is 1. The lowest BCUT2D eigenvalue weighted by atomic mass is 9.93. The summed E-state index contributed by atoms with van der Waals surface area (Å²) in [6.45, 7) is 3.55. The van der Waals surface area contributed by atoms with Gasteiger partial charge in [-0.2, -0.15) is 0 Å². The van der Waals surface area contributed by atoms with Crippen molar-refractivity contribution in [3.63, 3.8) is 0 Å². The first kappa shape index (κ1) is 15.8. The van der Waals surface area contributed by atoms with Gasteiger partial charge in [-0.25, -0.2) is 0 Å². The van der Waals surface area contributed by atoms with Crippen LogP contribution in [-0.4, -0.2) is 47.8 Å². The molecule has 0 bridgehead atoms. The van der Waals surface area contributed by atoms with E-state index >= 15 is 0 Å². The minimum atomic E-state index is -0.326. The third-order valence-corrected chi connectivity index (χ3v) is 5.11. The zero-order valence-corrected chi connectivity index (χ0v) is 13.6. The summed E-state index contributed by atoms with van der Waals surface area (Å²) in [6.07, 6.45) is 2.47. The fourth-order valence-electron chi connectivity index (χ4n) is 3.67. The number of amides is 1. The van der Waals surface area contributed by atoms with Gasteiger partial charge in [0.25, 0.3) is 5.91 Å². The average molecular weight is 324 g/mol. The molecule has 4 nitrogen and oxygen atoms in total. The predicted molar refractivity (Wildman–Crippen MR) is 85.2 cm³/mol. The van der Waals surface area contributed by atoms with Gasteiger partial charge in [0.15, 0.2) is 0 Å². The van der Waals surface area contributed by atoms with Crippen LogP contribution in [0, 0.1) is 12.8 Å². The van der Waals surface area contributed by atoms with Crippen LogP contribution in [0.25, 0.3) is 0 Å². The van der Waals surface area contributed by atoms with Gasteiger partial charge in [-0.3, -0.25) is 4.79 Å². The van der Waals surface area contributed by atoms with E-state index < -0.39 is 0 Å². The fourth-order valence-corrected chi connectivity index (χ4v) is 3.90. The summed E-state index contributed by atoms with van der Waals surface area (Å²) >= 11 is 5.98. The van der Waals surface area contributed by atoms with Gasteiger partial charge < -0.3 is 14.7 Å². The van der Waals surface area contributed by atoms with Crippen molar-refractivity contribution in [2.75, 3.05) is 19.8 Å². The lowest BCUT2D eigenvalue weighted by Crippen LogP contribution is -2.53. The zero-order chi connectivity index (χ0) is 15.7. The number of hydrogen-bond acceptors (Lipinski definition) is 3. The Kier molecular flexibility index (Phi) is 4.71. The van der Waals surface area contributed by atoms with E-state index in [1.807, 2.05) is 17.9 Å². The number of carbonyl (C=O) groups excluding carboxylic acids is 1. The minimum absolute atomic E-state index is 0.0153. The Morgan fingerprint density at radius 1 is 1.41 bits per heavy atom. The Morgan fingerprint density at radius 3 is 2.91 bits per heavy atom. The Bertz CT molecular complexity index is 563. The molecule has 1 aromatic rings. The number of carbonyl (C=O) groups is 1. The summed E-state index contributed by atoms with van der Waals surface area (Å²) in [7, 11) is 0. The van der Waals surface area contributed by atoms with Gasteiger partial charge in [0.2, 0.25) is 0 Å². The molecule has 1 amide bonds. The normalized spacial score (nSPS) is 28.9. The second kappa shape index (κ2) is 6.57. The van der Waals surface area contributed by atoms with Crippen molar-refractivity contribution in [2.45, 2.75) is 38.3 Å². The fraction of sp³-hybridized carbons (Fsp3) is 0.588. The molecule has 1 N–H and O–H groups in total. The molecule has 1 aliphatic carbocycles. The summed E-state index contributed by atoms with van der Waals surface area (Å²) in [4.78, 5) is 14.8. The number of benzene rings is 1. The van der Waals surface area contributed by atoms with E-state index in [4.69, 9.17) is 16.3 Å². The van der Waals surface area contributed by atoms with Crippen LogP contribution >= 0.6 is 11.6 Å². The van der Waals surface area contributed by atoms with Gasteiger partial charge in [0.05, 0.1) is 25.4 Å². The summed E-state index contributed by atoms with van der Waals surface area (Å²) in [5.41, 5.74) is 1.57. The number of nitrogens with zero attached hydrogens (tertiary/aromatic N) is 1. The van der Waals surface area contributed by atoms with Crippen molar-refractivity contribution in [1.82, 2.24) is 4.90 Å². The van der Waals surface area contributed by atoms with Crippen LogP contribution in [0.2, 0.25) is 5.02 Å². The largest absolute Gasteiger partial charge is 0.393 e. The summed E-state index contributed by atoms with van der Waals surface area (Å²) in [6, 6.07) is 5.32. The Balaban J connectivity index is 1.85. The van der Waals surface area contributed by atoms with E-state index in [2.05, 4.69) is 0 Å². The molecule has 120 valence electrons. The molecule has 1 saturated heterocycles. The number of aliphatic hydroxyl groups excluding tert-OH is 1. The Hall–Kier alpha value is -1.10. The first-order chi connectivity index (χ1) is 10.6. The first-order valence-corrected chi connectivity index (χ1v) is 8.28. The molecule has 3 unspecified atom stereocenters. The number of aryl methyl sites for hydroxylation is 1. The molecule has 0 radical (unpaired) electrons. The van der Waals surface area contributed by atoms with E-state index in [1.165, 1.54) is 0 Å². The Morgan fingerprint density at radius 2 is 2.23 bits per heavy atom. The van der Waals surface area contributed by atoms with Gasteiger partial charge in [0.1, 0.15) is 0 Å². The van der Waals surface area contributed by atoms with Crippen molar-refractivity contribution in [3.05, 3.63) is 34.3 Å². The molecule has 1 saturated carbocycles. The first-order valence-electron chi connectivity index (χ1n) is 7.91. The highest BCUT2D eigenvalue weighted by Crippen LogP contribution is 2.33. The average Bonchev–Trinajstić information content (AvgIpc) is 2.93. The molecule has 3 rings (SSSR count). The monoisotopic (exact) mass is 323 g/mol. The standard InChI is InChI=1S/C17H22ClNO3/c1-11-9-12(18)5-6-13(11)17(21)19-7-8-22-10-15(19)14-3-2-4-16(14)20/h5-6,9,14-16,20H,2-4,7-8,10H2,1H3. The van der Waals surface area contributed by atoms with Crippen LogP contribution in [0.4, 0.5) is 0 Å². The highest BCUT2D eigenvalue weighted by molar-refractivity contribution is 6.30. The SMILES string of the molecule is Cc1cc(Cl)ccc1C(=O)N1CCOCC1C1CCCC1O. The van der Waals surface area contributed by atoms with Crippen LogP contribution in [0.15, 0.2) is 18.2 Å². The zero-order valence-electron chi connectivity index (χ0n) is 12.8. The van der Waals surface area contributed by atoms with Crippen molar-refractivity contribution in [2.24, 2.45) is 5.92 Å². The molecule has 1 aromatic carbocycles. The third kappa shape index (κ3) is 3.00. The molecule has 3 atom stereocenters. The van der Waals surface area contributed by atoms with E-state index in [0.717, 1.165) is 24.8 Å². The number of morpholine rings is 1. The molecule has 22 heavy (non-hydrogen) atoms. The van der Waals surface area contributed by atoms with Crippen molar-refractivity contribution in [3.8, 4) is 0 Å². The topological polar surface area (TPSA) is 49.8 Å². The van der Waals surface area contributed by atoms with Crippen LogP contribution in [0.3, 0.4) is 0 Å². The smallest absolute Gasteiger partial charge is 0.254 e. The van der Waals surface area contributed by atoms with Gasteiger partial charge in [-0.1, -0.05) is 18.0 Å². The second-order valence-electron chi connectivity index (χ2n) is 6.26. The lowest BCUT2D eigenvalue weighted by Gasteiger charge is -2.40. The molecule has 1 heterocycles. The molecule has 5 heteroatoms. The molecular formula is C17H22ClNO3. The number of hydrogen-bond donors (Lipinski definition) is 1. The maximum Gasteiger partial charge on any atom is 0.254 e. The molecule has 2 aliphatic rings. The van der Waals surface area contributed by atoms with Crippen LogP contribution in [0.5, 0.6) is 0 Å². The third-order valence-electron chi connectivity index (χ3n) is 4.87. The molecule has 0 aromatic heterocycles. The lowest BCUT2D eigenvalue weighted by molar-refractivity contribution is -0.0383. The maximum atomic E-state index is 13.0. The molecule has 2 fully saturated rings. The quantitative estimate of drug-likeness (QED) is 0.910. The number of rotatable bonds is 2. The van der Waals surface area contributed by atoms with E-state index in [1.54, 1.807) is 12.1 Å². The minimum Gasteiger partial charge on any atom is -0.393 e.